The Morgan fingerprint density at radius 1 is 0.927 bits per heavy atom. The van der Waals surface area contributed by atoms with E-state index in [4.69, 9.17) is 9.47 Å². The van der Waals surface area contributed by atoms with E-state index in [1.807, 2.05) is 45.0 Å². The van der Waals surface area contributed by atoms with Crippen LogP contribution in [0.5, 0.6) is 11.5 Å². The van der Waals surface area contributed by atoms with Crippen molar-refractivity contribution in [2.75, 3.05) is 25.1 Å². The fourth-order valence-corrected chi connectivity index (χ4v) is 5.68. The molecule has 3 aromatic carbocycles. The quantitative estimate of drug-likeness (QED) is 0.318. The van der Waals surface area contributed by atoms with Crippen molar-refractivity contribution in [1.82, 2.24) is 10.2 Å². The van der Waals surface area contributed by atoms with E-state index in [1.54, 1.807) is 37.3 Å². The van der Waals surface area contributed by atoms with Crippen LogP contribution in [0.4, 0.5) is 5.69 Å². The molecule has 0 fully saturated rings. The van der Waals surface area contributed by atoms with E-state index < -0.39 is 28.5 Å². The molecular weight excluding hydrogens is 542 g/mol. The summed E-state index contributed by atoms with van der Waals surface area (Å²) in [5, 5.41) is 2.94. The molecule has 0 saturated carbocycles. The van der Waals surface area contributed by atoms with Gasteiger partial charge in [-0.25, -0.2) is 8.42 Å². The summed E-state index contributed by atoms with van der Waals surface area (Å²) in [5.41, 5.74) is 1.93. The molecule has 41 heavy (non-hydrogen) atoms. The second-order valence-corrected chi connectivity index (χ2v) is 11.7. The monoisotopic (exact) mass is 581 g/mol. The lowest BCUT2D eigenvalue weighted by atomic mass is 10.1. The van der Waals surface area contributed by atoms with Crippen LogP contribution in [0.25, 0.3) is 0 Å². The van der Waals surface area contributed by atoms with Gasteiger partial charge in [0.15, 0.2) is 0 Å². The SMILES string of the molecule is CC[C@H](C)NC(=O)[C@H](C)N(Cc1ccccc1C)C(=O)CN(c1cc(OC)ccc1OC)S(=O)(=O)c1ccccc1. The summed E-state index contributed by atoms with van der Waals surface area (Å²) in [6.45, 7) is 6.97. The predicted octanol–water partition coefficient (Wildman–Crippen LogP) is 4.54. The Morgan fingerprint density at radius 3 is 2.20 bits per heavy atom. The summed E-state index contributed by atoms with van der Waals surface area (Å²) >= 11 is 0. The van der Waals surface area contributed by atoms with Crippen molar-refractivity contribution < 1.29 is 27.5 Å². The molecule has 220 valence electrons. The minimum Gasteiger partial charge on any atom is -0.497 e. The fraction of sp³-hybridized carbons (Fsp3) is 0.355. The van der Waals surface area contributed by atoms with Crippen molar-refractivity contribution in [2.24, 2.45) is 0 Å². The number of amides is 2. The van der Waals surface area contributed by atoms with E-state index in [9.17, 15) is 18.0 Å². The number of methoxy groups -OCH3 is 2. The highest BCUT2D eigenvalue weighted by atomic mass is 32.2. The molecule has 0 spiro atoms. The zero-order valence-electron chi connectivity index (χ0n) is 24.5. The summed E-state index contributed by atoms with van der Waals surface area (Å²) in [7, 11) is -1.35. The van der Waals surface area contributed by atoms with Gasteiger partial charge in [0.25, 0.3) is 10.0 Å². The molecule has 2 atom stereocenters. The first-order valence-corrected chi connectivity index (χ1v) is 14.9. The van der Waals surface area contributed by atoms with Gasteiger partial charge in [0.1, 0.15) is 24.1 Å². The fourth-order valence-electron chi connectivity index (χ4n) is 4.24. The summed E-state index contributed by atoms with van der Waals surface area (Å²) < 4.78 is 39.9. The summed E-state index contributed by atoms with van der Waals surface area (Å²) in [6, 6.07) is 19.2. The Hall–Kier alpha value is -4.05. The number of nitrogens with one attached hydrogen (secondary N) is 1. The van der Waals surface area contributed by atoms with Crippen LogP contribution in [0.15, 0.2) is 77.7 Å². The molecule has 3 aromatic rings. The number of aryl methyl sites for hydroxylation is 1. The van der Waals surface area contributed by atoms with Gasteiger partial charge in [-0.15, -0.1) is 0 Å². The van der Waals surface area contributed by atoms with Crippen molar-refractivity contribution in [1.29, 1.82) is 0 Å². The molecule has 0 bridgehead atoms. The van der Waals surface area contributed by atoms with Gasteiger partial charge in [-0.2, -0.15) is 0 Å². The van der Waals surface area contributed by atoms with Crippen molar-refractivity contribution in [3.05, 3.63) is 83.9 Å². The predicted molar refractivity (Wildman–Crippen MR) is 160 cm³/mol. The summed E-state index contributed by atoms with van der Waals surface area (Å²) in [4.78, 5) is 28.8. The molecule has 2 amide bonds. The number of nitrogens with zero attached hydrogens (tertiary/aromatic N) is 2. The average Bonchev–Trinajstić information content (AvgIpc) is 2.98. The number of hydrogen-bond acceptors (Lipinski definition) is 6. The van der Waals surface area contributed by atoms with E-state index in [-0.39, 0.29) is 34.8 Å². The smallest absolute Gasteiger partial charge is 0.264 e. The highest BCUT2D eigenvalue weighted by Gasteiger charge is 2.34. The maximum absolute atomic E-state index is 14.1. The van der Waals surface area contributed by atoms with Gasteiger partial charge in [-0.3, -0.25) is 13.9 Å². The van der Waals surface area contributed by atoms with Gasteiger partial charge in [0.2, 0.25) is 11.8 Å². The number of sulfonamides is 1. The number of carbonyl (C=O) groups is 2. The first-order chi connectivity index (χ1) is 19.5. The van der Waals surface area contributed by atoms with Crippen LogP contribution in [-0.2, 0) is 26.2 Å². The molecule has 0 aliphatic heterocycles. The standard InChI is InChI=1S/C31H39N3O6S/c1-7-23(3)32-31(36)24(4)33(20-25-14-12-11-13-22(25)2)30(35)21-34(41(37,38)27-15-9-8-10-16-27)28-19-26(39-5)17-18-29(28)40-6/h8-19,23-24H,7,20-21H2,1-6H3,(H,32,36)/t23-,24-/m0/s1. The van der Waals surface area contributed by atoms with Crippen molar-refractivity contribution in [3.63, 3.8) is 0 Å². The Morgan fingerprint density at radius 2 is 1.59 bits per heavy atom. The number of anilines is 1. The normalized spacial score (nSPS) is 12.6. The van der Waals surface area contributed by atoms with Gasteiger partial charge < -0.3 is 19.7 Å². The van der Waals surface area contributed by atoms with Crippen LogP contribution in [-0.4, -0.2) is 58.0 Å². The third-order valence-electron chi connectivity index (χ3n) is 7.04. The van der Waals surface area contributed by atoms with Crippen LogP contribution >= 0.6 is 0 Å². The average molecular weight is 582 g/mol. The third kappa shape index (κ3) is 7.58. The van der Waals surface area contributed by atoms with E-state index in [2.05, 4.69) is 5.32 Å². The highest BCUT2D eigenvalue weighted by Crippen LogP contribution is 2.36. The Bertz CT molecular complexity index is 1450. The van der Waals surface area contributed by atoms with Gasteiger partial charge in [0.05, 0.1) is 24.8 Å². The zero-order valence-corrected chi connectivity index (χ0v) is 25.3. The minimum absolute atomic E-state index is 0.00527. The van der Waals surface area contributed by atoms with Crippen molar-refractivity contribution in [2.45, 2.75) is 57.6 Å². The van der Waals surface area contributed by atoms with E-state index >= 15 is 0 Å². The molecule has 0 unspecified atom stereocenters. The molecule has 0 radical (unpaired) electrons. The van der Waals surface area contributed by atoms with Crippen molar-refractivity contribution >= 4 is 27.5 Å². The maximum Gasteiger partial charge on any atom is 0.264 e. The number of rotatable bonds is 13. The first kappa shape index (κ1) is 31.5. The topological polar surface area (TPSA) is 105 Å². The number of hydrogen-bond donors (Lipinski definition) is 1. The largest absolute Gasteiger partial charge is 0.497 e. The number of carbonyl (C=O) groups excluding carboxylic acids is 2. The van der Waals surface area contributed by atoms with Crippen molar-refractivity contribution in [3.8, 4) is 11.5 Å². The second-order valence-electron chi connectivity index (χ2n) is 9.80. The second kappa shape index (κ2) is 14.0. The lowest BCUT2D eigenvalue weighted by Crippen LogP contribution is -2.52. The van der Waals surface area contributed by atoms with Gasteiger partial charge >= 0.3 is 0 Å². The molecule has 0 aliphatic carbocycles. The van der Waals surface area contributed by atoms with E-state index in [0.29, 0.717) is 5.75 Å². The molecular formula is C31H39N3O6S. The molecule has 0 aromatic heterocycles. The molecule has 9 nitrogen and oxygen atoms in total. The van der Waals surface area contributed by atoms with Gasteiger partial charge in [0, 0.05) is 18.7 Å². The Kier molecular flexibility index (Phi) is 10.8. The molecule has 10 heteroatoms. The van der Waals surface area contributed by atoms with Crippen LogP contribution in [0, 0.1) is 6.92 Å². The van der Waals surface area contributed by atoms with Crippen LogP contribution in [0.2, 0.25) is 0 Å². The molecule has 0 saturated heterocycles. The third-order valence-corrected chi connectivity index (χ3v) is 8.81. The molecule has 3 rings (SSSR count). The molecule has 0 heterocycles. The van der Waals surface area contributed by atoms with Gasteiger partial charge in [-0.1, -0.05) is 49.4 Å². The number of benzene rings is 3. The molecule has 0 aliphatic rings. The Balaban J connectivity index is 2.11. The highest BCUT2D eigenvalue weighted by molar-refractivity contribution is 7.92. The van der Waals surface area contributed by atoms with Crippen LogP contribution in [0.3, 0.4) is 0 Å². The zero-order chi connectivity index (χ0) is 30.2. The maximum atomic E-state index is 14.1. The first-order valence-electron chi connectivity index (χ1n) is 13.5. The lowest BCUT2D eigenvalue weighted by Gasteiger charge is -2.33. The van der Waals surface area contributed by atoms with Crippen LogP contribution in [0.1, 0.15) is 38.3 Å². The molecule has 1 N–H and O–H groups in total. The lowest BCUT2D eigenvalue weighted by molar-refractivity contribution is -0.139. The van der Waals surface area contributed by atoms with Crippen LogP contribution < -0.4 is 19.1 Å². The minimum atomic E-state index is -4.24. The van der Waals surface area contributed by atoms with E-state index in [0.717, 1.165) is 21.9 Å². The van der Waals surface area contributed by atoms with E-state index in [1.165, 1.54) is 37.3 Å². The Labute approximate surface area is 243 Å². The van der Waals surface area contributed by atoms with Gasteiger partial charge in [-0.05, 0) is 62.6 Å². The summed E-state index contributed by atoms with van der Waals surface area (Å²) in [5.74, 6) is -0.243. The number of ether oxygens (including phenoxy) is 2. The summed E-state index contributed by atoms with van der Waals surface area (Å²) in [6.07, 6.45) is 0.725.